The second-order valence-electron chi connectivity index (χ2n) is 8.46. The molecule has 0 aromatic rings. The van der Waals surface area contributed by atoms with E-state index in [-0.39, 0.29) is 0 Å². The Kier molecular flexibility index (Phi) is 8.27. The van der Waals surface area contributed by atoms with Crippen LogP contribution >= 0.6 is 0 Å². The Morgan fingerprint density at radius 2 is 1.58 bits per heavy atom. The highest BCUT2D eigenvalue weighted by Crippen LogP contribution is 2.43. The molecule has 116 valence electrons. The first-order valence-corrected chi connectivity index (χ1v) is 8.33. The summed E-state index contributed by atoms with van der Waals surface area (Å²) in [5, 5.41) is 3.56. The van der Waals surface area contributed by atoms with Crippen molar-refractivity contribution in [2.24, 2.45) is 22.7 Å². The first-order valence-electron chi connectivity index (χ1n) is 8.33. The van der Waals surface area contributed by atoms with Crippen molar-refractivity contribution in [3.8, 4) is 0 Å². The summed E-state index contributed by atoms with van der Waals surface area (Å²) >= 11 is 0. The van der Waals surface area contributed by atoms with E-state index in [0.29, 0.717) is 10.8 Å². The van der Waals surface area contributed by atoms with Crippen LogP contribution < -0.4 is 5.32 Å². The van der Waals surface area contributed by atoms with Crippen LogP contribution in [-0.4, -0.2) is 13.1 Å². The van der Waals surface area contributed by atoms with E-state index < -0.39 is 0 Å². The molecule has 0 amide bonds. The van der Waals surface area contributed by atoms with Gasteiger partial charge in [0.1, 0.15) is 0 Å². The van der Waals surface area contributed by atoms with E-state index in [0.717, 1.165) is 11.8 Å². The molecule has 19 heavy (non-hydrogen) atoms. The number of hydrogen-bond donors (Lipinski definition) is 1. The Bertz CT molecular complexity index is 224. The molecule has 1 fully saturated rings. The van der Waals surface area contributed by atoms with E-state index >= 15 is 0 Å². The van der Waals surface area contributed by atoms with Gasteiger partial charge in [-0.05, 0) is 55.0 Å². The second kappa shape index (κ2) is 8.29. The molecule has 1 rings (SSSR count). The molecule has 0 aromatic carbocycles. The molecule has 1 saturated heterocycles. The fourth-order valence-corrected chi connectivity index (χ4v) is 3.53. The van der Waals surface area contributed by atoms with Crippen molar-refractivity contribution < 1.29 is 0 Å². The highest BCUT2D eigenvalue weighted by Gasteiger charge is 2.34. The minimum atomic E-state index is 0.451. The molecular formula is C18H39N. The van der Waals surface area contributed by atoms with Gasteiger partial charge in [-0.3, -0.25) is 0 Å². The normalized spacial score (nSPS) is 25.3. The largest absolute Gasteiger partial charge is 0.316 e. The number of hydrogen-bond acceptors (Lipinski definition) is 1. The molecule has 0 bridgehead atoms. The minimum absolute atomic E-state index is 0.451. The Morgan fingerprint density at radius 1 is 1.05 bits per heavy atom. The van der Waals surface area contributed by atoms with E-state index in [9.17, 15) is 0 Å². The summed E-state index contributed by atoms with van der Waals surface area (Å²) in [5.41, 5.74) is 0.936. The average molecular weight is 270 g/mol. The number of nitrogens with one attached hydrogen (secondary N) is 1. The van der Waals surface area contributed by atoms with Gasteiger partial charge in [-0.15, -0.1) is 0 Å². The molecular weight excluding hydrogens is 230 g/mol. The lowest BCUT2D eigenvalue weighted by molar-refractivity contribution is 0.112. The van der Waals surface area contributed by atoms with E-state index in [2.05, 4.69) is 60.7 Å². The molecule has 1 heterocycles. The summed E-state index contributed by atoms with van der Waals surface area (Å²) in [6.45, 7) is 21.1. The Labute approximate surface area is 122 Å². The summed E-state index contributed by atoms with van der Waals surface area (Å²) < 4.78 is 0. The Morgan fingerprint density at radius 3 is 2.05 bits per heavy atom. The monoisotopic (exact) mass is 269 g/mol. The quantitative estimate of drug-likeness (QED) is 0.698. The SMILES string of the molecule is CC1CNCCC(C(C)(C)CC(C)(C)C)C1.CCC. The lowest BCUT2D eigenvalue weighted by atomic mass is 9.66. The van der Waals surface area contributed by atoms with Gasteiger partial charge in [0.2, 0.25) is 0 Å². The maximum absolute atomic E-state index is 3.56. The zero-order chi connectivity index (χ0) is 15.1. The Hall–Kier alpha value is -0.0400. The van der Waals surface area contributed by atoms with Crippen molar-refractivity contribution in [2.75, 3.05) is 13.1 Å². The van der Waals surface area contributed by atoms with E-state index in [1.807, 2.05) is 0 Å². The molecule has 2 atom stereocenters. The molecule has 1 aliphatic rings. The molecule has 0 aromatic heterocycles. The van der Waals surface area contributed by atoms with Crippen LogP contribution in [0.25, 0.3) is 0 Å². The first-order chi connectivity index (χ1) is 8.62. The topological polar surface area (TPSA) is 12.0 Å². The average Bonchev–Trinajstić information content (AvgIpc) is 2.40. The van der Waals surface area contributed by atoms with Crippen molar-refractivity contribution in [1.29, 1.82) is 0 Å². The predicted octanol–water partition coefficient (Wildman–Crippen LogP) is 5.50. The van der Waals surface area contributed by atoms with Gasteiger partial charge in [-0.2, -0.15) is 0 Å². The smallest absolute Gasteiger partial charge is 0.00230 e. The van der Waals surface area contributed by atoms with Gasteiger partial charge in [-0.25, -0.2) is 0 Å². The third-order valence-corrected chi connectivity index (χ3v) is 3.94. The molecule has 0 spiro atoms. The lowest BCUT2D eigenvalue weighted by Crippen LogP contribution is -2.30. The fraction of sp³-hybridized carbons (Fsp3) is 1.00. The third kappa shape index (κ3) is 8.68. The Balaban J connectivity index is 0.000000982. The lowest BCUT2D eigenvalue weighted by Gasteiger charge is -2.39. The maximum Gasteiger partial charge on any atom is -0.00230 e. The summed E-state index contributed by atoms with van der Waals surface area (Å²) in [7, 11) is 0. The van der Waals surface area contributed by atoms with Crippen molar-refractivity contribution in [3.63, 3.8) is 0 Å². The van der Waals surface area contributed by atoms with Crippen LogP contribution in [0.15, 0.2) is 0 Å². The van der Waals surface area contributed by atoms with Crippen LogP contribution in [-0.2, 0) is 0 Å². The summed E-state index contributed by atoms with van der Waals surface area (Å²) in [5.74, 6) is 1.73. The summed E-state index contributed by atoms with van der Waals surface area (Å²) in [6, 6.07) is 0. The zero-order valence-electron chi connectivity index (χ0n) is 14.9. The van der Waals surface area contributed by atoms with E-state index in [1.165, 1.54) is 38.8 Å². The van der Waals surface area contributed by atoms with Gasteiger partial charge in [0.25, 0.3) is 0 Å². The molecule has 0 aliphatic carbocycles. The first kappa shape index (κ1) is 19.0. The van der Waals surface area contributed by atoms with Gasteiger partial charge in [0.05, 0.1) is 0 Å². The molecule has 1 N–H and O–H groups in total. The maximum atomic E-state index is 3.56. The van der Waals surface area contributed by atoms with Gasteiger partial charge >= 0.3 is 0 Å². The minimum Gasteiger partial charge on any atom is -0.316 e. The molecule has 1 nitrogen and oxygen atoms in total. The van der Waals surface area contributed by atoms with Crippen LogP contribution in [0.3, 0.4) is 0 Å². The number of rotatable bonds is 2. The van der Waals surface area contributed by atoms with Gasteiger partial charge in [0, 0.05) is 0 Å². The van der Waals surface area contributed by atoms with Crippen molar-refractivity contribution in [1.82, 2.24) is 5.32 Å². The van der Waals surface area contributed by atoms with Crippen molar-refractivity contribution in [2.45, 2.75) is 81.1 Å². The summed E-state index contributed by atoms with van der Waals surface area (Å²) in [4.78, 5) is 0. The molecule has 0 radical (unpaired) electrons. The van der Waals surface area contributed by atoms with Crippen molar-refractivity contribution in [3.05, 3.63) is 0 Å². The fourth-order valence-electron chi connectivity index (χ4n) is 3.53. The second-order valence-corrected chi connectivity index (χ2v) is 8.46. The van der Waals surface area contributed by atoms with Crippen LogP contribution in [0.4, 0.5) is 0 Å². The van der Waals surface area contributed by atoms with Crippen LogP contribution in [0.5, 0.6) is 0 Å². The van der Waals surface area contributed by atoms with Crippen molar-refractivity contribution >= 4 is 0 Å². The van der Waals surface area contributed by atoms with Crippen LogP contribution in [0.1, 0.15) is 81.1 Å². The van der Waals surface area contributed by atoms with Crippen LogP contribution in [0, 0.1) is 22.7 Å². The van der Waals surface area contributed by atoms with Crippen LogP contribution in [0.2, 0.25) is 0 Å². The predicted molar refractivity (Wildman–Crippen MR) is 88.6 cm³/mol. The zero-order valence-corrected chi connectivity index (χ0v) is 14.9. The molecule has 1 heteroatoms. The van der Waals surface area contributed by atoms with E-state index in [1.54, 1.807) is 0 Å². The molecule has 0 saturated carbocycles. The van der Waals surface area contributed by atoms with Gasteiger partial charge in [-0.1, -0.05) is 61.8 Å². The summed E-state index contributed by atoms with van der Waals surface area (Å²) in [6.07, 6.45) is 5.33. The highest BCUT2D eigenvalue weighted by atomic mass is 14.9. The standard InChI is InChI=1S/C15H31N.C3H8/c1-12-9-13(7-8-16-10-12)15(5,6)11-14(2,3)4;1-3-2/h12-13,16H,7-11H2,1-6H3;3H2,1-2H3. The third-order valence-electron chi connectivity index (χ3n) is 3.94. The molecule has 1 aliphatic heterocycles. The van der Waals surface area contributed by atoms with Gasteiger partial charge in [0.15, 0.2) is 0 Å². The molecule has 2 unspecified atom stereocenters. The highest BCUT2D eigenvalue weighted by molar-refractivity contribution is 4.86. The van der Waals surface area contributed by atoms with E-state index in [4.69, 9.17) is 0 Å². The van der Waals surface area contributed by atoms with Gasteiger partial charge < -0.3 is 5.32 Å².